The van der Waals surface area contributed by atoms with Gasteiger partial charge in [-0.1, -0.05) is 32.4 Å². The summed E-state index contributed by atoms with van der Waals surface area (Å²) in [4.78, 5) is 2.44. The maximum Gasteiger partial charge on any atom is 0.0633 e. The number of nitrogens with two attached hydrogens (primary N) is 1. The fraction of sp³-hybridized carbons (Fsp3) is 0.538. The molecule has 2 N–H and O–H groups in total. The van der Waals surface area contributed by atoms with E-state index in [9.17, 15) is 0 Å². The summed E-state index contributed by atoms with van der Waals surface area (Å²) in [5, 5.41) is 0. The number of para-hydroxylation sites is 1. The summed E-state index contributed by atoms with van der Waals surface area (Å²) in [5.41, 5.74) is 9.68. The van der Waals surface area contributed by atoms with Crippen molar-refractivity contribution in [2.75, 3.05) is 23.7 Å². The number of fused-ring (bicyclic) bond motifs is 1. The Balaban J connectivity index is 2.20. The van der Waals surface area contributed by atoms with Crippen LogP contribution in [0.1, 0.15) is 25.8 Å². The number of hydrogen-bond donors (Lipinski definition) is 1. The van der Waals surface area contributed by atoms with Crippen molar-refractivity contribution in [3.63, 3.8) is 0 Å². The molecule has 15 heavy (non-hydrogen) atoms. The molecule has 1 aromatic rings. The van der Waals surface area contributed by atoms with Crippen molar-refractivity contribution < 1.29 is 0 Å². The summed E-state index contributed by atoms with van der Waals surface area (Å²) >= 11 is 0. The van der Waals surface area contributed by atoms with Crippen molar-refractivity contribution in [2.24, 2.45) is 5.92 Å². The van der Waals surface area contributed by atoms with Crippen LogP contribution in [0.25, 0.3) is 0 Å². The minimum atomic E-state index is 0.746. The van der Waals surface area contributed by atoms with E-state index in [2.05, 4.69) is 30.9 Å². The third-order valence-electron chi connectivity index (χ3n) is 3.35. The van der Waals surface area contributed by atoms with Crippen LogP contribution in [0.2, 0.25) is 0 Å². The van der Waals surface area contributed by atoms with Gasteiger partial charge in [0.25, 0.3) is 0 Å². The molecule has 1 atom stereocenters. The van der Waals surface area contributed by atoms with Gasteiger partial charge in [0.2, 0.25) is 0 Å². The smallest absolute Gasteiger partial charge is 0.0633 e. The predicted octanol–water partition coefficient (Wildman–Crippen LogP) is 2.68. The van der Waals surface area contributed by atoms with Crippen LogP contribution in [-0.4, -0.2) is 13.1 Å². The monoisotopic (exact) mass is 204 g/mol. The number of benzene rings is 1. The molecule has 0 bridgehead atoms. The molecule has 82 valence electrons. The average molecular weight is 204 g/mol. The molecule has 1 aromatic carbocycles. The molecule has 2 nitrogen and oxygen atoms in total. The van der Waals surface area contributed by atoms with Crippen LogP contribution in [0.5, 0.6) is 0 Å². The van der Waals surface area contributed by atoms with Gasteiger partial charge in [-0.15, -0.1) is 0 Å². The highest BCUT2D eigenvalue weighted by molar-refractivity contribution is 5.74. The van der Waals surface area contributed by atoms with Crippen molar-refractivity contribution in [1.29, 1.82) is 0 Å². The molecule has 1 heterocycles. The van der Waals surface area contributed by atoms with E-state index < -0.39 is 0 Å². The Labute approximate surface area is 92.1 Å². The highest BCUT2D eigenvalue weighted by Gasteiger charge is 2.21. The minimum Gasteiger partial charge on any atom is -0.397 e. The molecule has 0 saturated heterocycles. The van der Waals surface area contributed by atoms with Crippen LogP contribution >= 0.6 is 0 Å². The van der Waals surface area contributed by atoms with Crippen LogP contribution in [0, 0.1) is 5.92 Å². The summed E-state index contributed by atoms with van der Waals surface area (Å²) in [7, 11) is 0. The second kappa shape index (κ2) is 4.13. The van der Waals surface area contributed by atoms with E-state index in [0.29, 0.717) is 0 Å². The normalized spacial score (nSPS) is 16.5. The van der Waals surface area contributed by atoms with Gasteiger partial charge < -0.3 is 10.6 Å². The number of anilines is 2. The summed E-state index contributed by atoms with van der Waals surface area (Å²) in [6.07, 6.45) is 2.38. The first-order chi connectivity index (χ1) is 7.22. The topological polar surface area (TPSA) is 29.3 Å². The third kappa shape index (κ3) is 1.94. The lowest BCUT2D eigenvalue weighted by Gasteiger charge is -2.24. The highest BCUT2D eigenvalue weighted by Crippen LogP contribution is 2.34. The van der Waals surface area contributed by atoms with Gasteiger partial charge in [0.15, 0.2) is 0 Å². The standard InChI is InChI=1S/C13H20N2/c1-3-10(2)9-15-8-7-11-5-4-6-12(14)13(11)15/h4-6,10H,3,7-9,14H2,1-2H3. The van der Waals surface area contributed by atoms with E-state index in [0.717, 1.165) is 31.1 Å². The first-order valence-corrected chi connectivity index (χ1v) is 5.84. The van der Waals surface area contributed by atoms with Gasteiger partial charge in [0.1, 0.15) is 0 Å². The molecule has 0 radical (unpaired) electrons. The summed E-state index contributed by atoms with van der Waals surface area (Å²) in [6.45, 7) is 6.82. The first-order valence-electron chi connectivity index (χ1n) is 5.84. The van der Waals surface area contributed by atoms with Gasteiger partial charge in [0, 0.05) is 13.1 Å². The Bertz CT molecular complexity index is 346. The molecule has 0 saturated carbocycles. The van der Waals surface area contributed by atoms with Crippen LogP contribution < -0.4 is 10.6 Å². The Hall–Kier alpha value is -1.18. The van der Waals surface area contributed by atoms with Crippen molar-refractivity contribution in [2.45, 2.75) is 26.7 Å². The van der Waals surface area contributed by atoms with Crippen LogP contribution in [0.4, 0.5) is 11.4 Å². The lowest BCUT2D eigenvalue weighted by Crippen LogP contribution is -2.26. The lowest BCUT2D eigenvalue weighted by atomic mass is 10.1. The number of rotatable bonds is 3. The minimum absolute atomic E-state index is 0.746. The number of nitrogens with zero attached hydrogens (tertiary/aromatic N) is 1. The Morgan fingerprint density at radius 2 is 2.27 bits per heavy atom. The van der Waals surface area contributed by atoms with E-state index in [4.69, 9.17) is 5.73 Å². The summed E-state index contributed by atoms with van der Waals surface area (Å²) < 4.78 is 0. The zero-order valence-corrected chi connectivity index (χ0v) is 9.66. The Morgan fingerprint density at radius 3 is 3.00 bits per heavy atom. The van der Waals surface area contributed by atoms with Gasteiger partial charge in [-0.25, -0.2) is 0 Å². The van der Waals surface area contributed by atoms with E-state index >= 15 is 0 Å². The molecule has 0 spiro atoms. The maximum atomic E-state index is 6.04. The Morgan fingerprint density at radius 1 is 1.47 bits per heavy atom. The Kier molecular flexibility index (Phi) is 2.85. The van der Waals surface area contributed by atoms with Crippen LogP contribution in [0.3, 0.4) is 0 Å². The van der Waals surface area contributed by atoms with Gasteiger partial charge >= 0.3 is 0 Å². The van der Waals surface area contributed by atoms with Crippen molar-refractivity contribution in [1.82, 2.24) is 0 Å². The summed E-state index contributed by atoms with van der Waals surface area (Å²) in [6, 6.07) is 6.26. The van der Waals surface area contributed by atoms with Gasteiger partial charge in [-0.2, -0.15) is 0 Å². The second-order valence-electron chi connectivity index (χ2n) is 4.56. The van der Waals surface area contributed by atoms with Crippen molar-refractivity contribution in [3.05, 3.63) is 23.8 Å². The van der Waals surface area contributed by atoms with Crippen LogP contribution in [0.15, 0.2) is 18.2 Å². The highest BCUT2D eigenvalue weighted by atomic mass is 15.2. The number of nitrogen functional groups attached to an aromatic ring is 1. The molecular weight excluding hydrogens is 184 g/mol. The van der Waals surface area contributed by atoms with E-state index in [-0.39, 0.29) is 0 Å². The van der Waals surface area contributed by atoms with Gasteiger partial charge in [-0.3, -0.25) is 0 Å². The molecule has 0 aliphatic carbocycles. The van der Waals surface area contributed by atoms with Gasteiger partial charge in [-0.05, 0) is 24.0 Å². The zero-order chi connectivity index (χ0) is 10.8. The van der Waals surface area contributed by atoms with Crippen molar-refractivity contribution >= 4 is 11.4 Å². The van der Waals surface area contributed by atoms with E-state index in [1.807, 2.05) is 6.07 Å². The fourth-order valence-corrected chi connectivity index (χ4v) is 2.25. The summed E-state index contributed by atoms with van der Waals surface area (Å²) in [5.74, 6) is 0.746. The van der Waals surface area contributed by atoms with E-state index in [1.165, 1.54) is 17.7 Å². The van der Waals surface area contributed by atoms with Crippen LogP contribution in [-0.2, 0) is 6.42 Å². The molecule has 1 aliphatic heterocycles. The fourth-order valence-electron chi connectivity index (χ4n) is 2.25. The average Bonchev–Trinajstić information content (AvgIpc) is 2.63. The molecule has 0 fully saturated rings. The van der Waals surface area contributed by atoms with E-state index in [1.54, 1.807) is 0 Å². The lowest BCUT2D eigenvalue weighted by molar-refractivity contribution is 0.550. The molecule has 2 heteroatoms. The molecule has 1 unspecified atom stereocenters. The SMILES string of the molecule is CCC(C)CN1CCc2cccc(N)c21. The third-order valence-corrected chi connectivity index (χ3v) is 3.35. The van der Waals surface area contributed by atoms with Gasteiger partial charge in [0.05, 0.1) is 11.4 Å². The van der Waals surface area contributed by atoms with Crippen molar-refractivity contribution in [3.8, 4) is 0 Å². The largest absolute Gasteiger partial charge is 0.397 e. The molecule has 0 aromatic heterocycles. The maximum absolute atomic E-state index is 6.04. The molecule has 0 amide bonds. The molecule has 2 rings (SSSR count). The molecule has 1 aliphatic rings. The molecular formula is C13H20N2. The second-order valence-corrected chi connectivity index (χ2v) is 4.56. The quantitative estimate of drug-likeness (QED) is 0.767. The zero-order valence-electron chi connectivity index (χ0n) is 9.66. The predicted molar refractivity (Wildman–Crippen MR) is 66.2 cm³/mol. The number of hydrogen-bond acceptors (Lipinski definition) is 2. The first kappa shape index (κ1) is 10.3.